The average Bonchev–Trinajstić information content (AvgIpc) is 3.16. The number of amides is 1. The summed E-state index contributed by atoms with van der Waals surface area (Å²) in [4.78, 5) is 13.0. The number of phenols is 1. The molecule has 2 N–H and O–H groups in total. The van der Waals surface area contributed by atoms with Crippen LogP contribution in [0.5, 0.6) is 5.75 Å². The summed E-state index contributed by atoms with van der Waals surface area (Å²) in [6, 6.07) is 14.4. The van der Waals surface area contributed by atoms with Crippen molar-refractivity contribution in [2.24, 2.45) is 5.10 Å². The van der Waals surface area contributed by atoms with E-state index in [4.69, 9.17) is 11.6 Å². The Morgan fingerprint density at radius 1 is 1.00 bits per heavy atom. The Hall–Kier alpha value is -2.57. The molecule has 2 aliphatic rings. The first kappa shape index (κ1) is 20.7. The SMILES string of the molecule is O=C(NN1CCCCCCC1)C1=NN(c2ccccc2Cl)C(c2ccc(O)cc2)C1. The van der Waals surface area contributed by atoms with Crippen LogP contribution >= 0.6 is 11.6 Å². The highest BCUT2D eigenvalue weighted by molar-refractivity contribution is 6.40. The maximum Gasteiger partial charge on any atom is 0.281 e. The second kappa shape index (κ2) is 9.49. The van der Waals surface area contributed by atoms with Gasteiger partial charge >= 0.3 is 0 Å². The number of hydrazone groups is 1. The first-order chi connectivity index (χ1) is 14.6. The van der Waals surface area contributed by atoms with Gasteiger partial charge in [0.1, 0.15) is 11.5 Å². The number of benzene rings is 2. The molecule has 0 aromatic heterocycles. The lowest BCUT2D eigenvalue weighted by Crippen LogP contribution is -2.46. The van der Waals surface area contributed by atoms with Gasteiger partial charge in [0.25, 0.3) is 5.91 Å². The van der Waals surface area contributed by atoms with Crippen LogP contribution in [-0.2, 0) is 4.79 Å². The molecule has 0 bridgehead atoms. The molecule has 2 aromatic carbocycles. The van der Waals surface area contributed by atoms with Crippen LogP contribution in [0, 0.1) is 0 Å². The lowest BCUT2D eigenvalue weighted by atomic mass is 10.0. The van der Waals surface area contributed by atoms with E-state index < -0.39 is 0 Å². The smallest absolute Gasteiger partial charge is 0.281 e. The summed E-state index contributed by atoms with van der Waals surface area (Å²) in [6.45, 7) is 1.74. The number of hydrogen-bond acceptors (Lipinski definition) is 5. The Kier molecular flexibility index (Phi) is 6.55. The maximum absolute atomic E-state index is 13.0. The molecule has 0 saturated carbocycles. The number of halogens is 1. The summed E-state index contributed by atoms with van der Waals surface area (Å²) in [5.74, 6) is 0.0471. The minimum Gasteiger partial charge on any atom is -0.508 e. The third-order valence-electron chi connectivity index (χ3n) is 5.67. The second-order valence-corrected chi connectivity index (χ2v) is 8.26. The molecule has 7 heteroatoms. The number of para-hydroxylation sites is 1. The van der Waals surface area contributed by atoms with E-state index in [0.717, 1.165) is 37.2 Å². The number of nitrogens with zero attached hydrogens (tertiary/aromatic N) is 3. The third-order valence-corrected chi connectivity index (χ3v) is 5.98. The number of nitrogens with one attached hydrogen (secondary N) is 1. The second-order valence-electron chi connectivity index (χ2n) is 7.85. The van der Waals surface area contributed by atoms with Gasteiger partial charge in [-0.1, -0.05) is 55.1 Å². The molecule has 0 aliphatic carbocycles. The zero-order valence-electron chi connectivity index (χ0n) is 16.9. The van der Waals surface area contributed by atoms with Crippen LogP contribution in [0.15, 0.2) is 53.6 Å². The fraction of sp³-hybridized carbons (Fsp3) is 0.391. The van der Waals surface area contributed by atoms with Gasteiger partial charge in [-0.15, -0.1) is 0 Å². The summed E-state index contributed by atoms with van der Waals surface area (Å²) < 4.78 is 0. The summed E-state index contributed by atoms with van der Waals surface area (Å²) in [5, 5.41) is 18.8. The number of hydrogen-bond donors (Lipinski definition) is 2. The molecule has 0 radical (unpaired) electrons. The van der Waals surface area contributed by atoms with Crippen molar-refractivity contribution in [2.45, 2.75) is 44.6 Å². The van der Waals surface area contributed by atoms with Crippen LogP contribution in [0.25, 0.3) is 0 Å². The number of rotatable bonds is 4. The van der Waals surface area contributed by atoms with Crippen molar-refractivity contribution in [3.05, 3.63) is 59.1 Å². The molecule has 4 rings (SSSR count). The van der Waals surface area contributed by atoms with Crippen LogP contribution in [0.2, 0.25) is 5.02 Å². The molecular weight excluding hydrogens is 400 g/mol. The minimum atomic E-state index is -0.168. The van der Waals surface area contributed by atoms with Gasteiger partial charge in [0.15, 0.2) is 0 Å². The minimum absolute atomic E-state index is 0.158. The van der Waals surface area contributed by atoms with E-state index in [1.807, 2.05) is 46.4 Å². The van der Waals surface area contributed by atoms with Crippen molar-refractivity contribution < 1.29 is 9.90 Å². The number of aromatic hydroxyl groups is 1. The van der Waals surface area contributed by atoms with Gasteiger partial charge in [0.05, 0.1) is 16.8 Å². The van der Waals surface area contributed by atoms with Gasteiger partial charge in [-0.05, 0) is 42.7 Å². The fourth-order valence-corrected chi connectivity index (χ4v) is 4.25. The van der Waals surface area contributed by atoms with E-state index in [1.54, 1.807) is 12.1 Å². The third kappa shape index (κ3) is 4.77. The zero-order valence-corrected chi connectivity index (χ0v) is 17.7. The number of anilines is 1. The molecule has 1 atom stereocenters. The van der Waals surface area contributed by atoms with Crippen LogP contribution in [0.4, 0.5) is 5.69 Å². The van der Waals surface area contributed by atoms with Gasteiger partial charge in [-0.3, -0.25) is 15.2 Å². The molecule has 1 saturated heterocycles. The van der Waals surface area contributed by atoms with Gasteiger partial charge in [0.2, 0.25) is 0 Å². The van der Waals surface area contributed by atoms with E-state index in [9.17, 15) is 9.90 Å². The molecule has 6 nitrogen and oxygen atoms in total. The van der Waals surface area contributed by atoms with Gasteiger partial charge < -0.3 is 5.11 Å². The highest BCUT2D eigenvalue weighted by atomic mass is 35.5. The monoisotopic (exact) mass is 426 g/mol. The Morgan fingerprint density at radius 3 is 2.37 bits per heavy atom. The normalized spacial score (nSPS) is 20.4. The summed E-state index contributed by atoms with van der Waals surface area (Å²) in [5.41, 5.74) is 5.26. The molecule has 2 aliphatic heterocycles. The first-order valence-electron chi connectivity index (χ1n) is 10.6. The number of carbonyl (C=O) groups excluding carboxylic acids is 1. The maximum atomic E-state index is 13.0. The summed E-state index contributed by atoms with van der Waals surface area (Å²) in [6.07, 6.45) is 6.33. The van der Waals surface area contributed by atoms with Crippen molar-refractivity contribution in [1.29, 1.82) is 0 Å². The Labute approximate surface area is 182 Å². The molecule has 30 heavy (non-hydrogen) atoms. The highest BCUT2D eigenvalue weighted by Crippen LogP contribution is 2.38. The van der Waals surface area contributed by atoms with E-state index in [2.05, 4.69) is 10.5 Å². The van der Waals surface area contributed by atoms with E-state index in [-0.39, 0.29) is 17.7 Å². The molecule has 2 heterocycles. The van der Waals surface area contributed by atoms with E-state index >= 15 is 0 Å². The highest BCUT2D eigenvalue weighted by Gasteiger charge is 2.33. The van der Waals surface area contributed by atoms with Crippen LogP contribution in [0.3, 0.4) is 0 Å². The largest absolute Gasteiger partial charge is 0.508 e. The lowest BCUT2D eigenvalue weighted by molar-refractivity contribution is -0.119. The number of phenolic OH excluding ortho intramolecular Hbond substituents is 1. The number of carbonyl (C=O) groups is 1. The fourth-order valence-electron chi connectivity index (χ4n) is 4.03. The number of hydrazine groups is 1. The molecule has 158 valence electrons. The van der Waals surface area contributed by atoms with E-state index in [1.165, 1.54) is 19.3 Å². The molecule has 1 fully saturated rings. The van der Waals surface area contributed by atoms with Crippen molar-refractivity contribution in [3.63, 3.8) is 0 Å². The van der Waals surface area contributed by atoms with Crippen molar-refractivity contribution in [3.8, 4) is 5.75 Å². The topological polar surface area (TPSA) is 68.2 Å². The molecular formula is C23H27ClN4O2. The van der Waals surface area contributed by atoms with Gasteiger partial charge in [-0.25, -0.2) is 5.01 Å². The molecule has 0 spiro atoms. The summed E-state index contributed by atoms with van der Waals surface area (Å²) >= 11 is 6.44. The van der Waals surface area contributed by atoms with Gasteiger partial charge in [0, 0.05) is 19.5 Å². The molecule has 2 aromatic rings. The Balaban J connectivity index is 1.57. The standard InChI is InChI=1S/C23H27ClN4O2/c24-19-8-4-5-9-21(19)28-22(17-10-12-18(29)13-11-17)16-20(25-28)23(30)26-27-14-6-2-1-3-7-15-27/h4-5,8-13,22,29H,1-3,6-7,14-16H2,(H,26,30). The lowest BCUT2D eigenvalue weighted by Gasteiger charge is -2.25. The van der Waals surface area contributed by atoms with Gasteiger partial charge in [-0.2, -0.15) is 5.10 Å². The quantitative estimate of drug-likeness (QED) is 0.746. The van der Waals surface area contributed by atoms with Crippen molar-refractivity contribution in [1.82, 2.24) is 10.4 Å². The Bertz CT molecular complexity index is 908. The molecule has 1 unspecified atom stereocenters. The summed E-state index contributed by atoms with van der Waals surface area (Å²) in [7, 11) is 0. The Morgan fingerprint density at radius 2 is 1.67 bits per heavy atom. The zero-order chi connectivity index (χ0) is 20.9. The predicted octanol–water partition coefficient (Wildman–Crippen LogP) is 4.65. The molecule has 1 amide bonds. The average molecular weight is 427 g/mol. The van der Waals surface area contributed by atoms with Crippen LogP contribution in [-0.4, -0.2) is 34.8 Å². The van der Waals surface area contributed by atoms with E-state index in [0.29, 0.717) is 17.2 Å². The first-order valence-corrected chi connectivity index (χ1v) is 11.0. The van der Waals surface area contributed by atoms with Crippen molar-refractivity contribution in [2.75, 3.05) is 18.1 Å². The predicted molar refractivity (Wildman–Crippen MR) is 120 cm³/mol. The van der Waals surface area contributed by atoms with Crippen LogP contribution < -0.4 is 10.4 Å². The van der Waals surface area contributed by atoms with Crippen LogP contribution in [0.1, 0.15) is 50.1 Å². The van der Waals surface area contributed by atoms with Crippen molar-refractivity contribution >= 4 is 28.9 Å².